The van der Waals surface area contributed by atoms with Crippen LogP contribution in [0.2, 0.25) is 0 Å². The van der Waals surface area contributed by atoms with E-state index in [0.29, 0.717) is 6.54 Å². The first-order chi connectivity index (χ1) is 11.7. The van der Waals surface area contributed by atoms with Crippen LogP contribution in [0.5, 0.6) is 5.88 Å². The highest BCUT2D eigenvalue weighted by atomic mass is 19.1. The first-order valence-electron chi connectivity index (χ1n) is 8.17. The molecule has 2 aromatic rings. The van der Waals surface area contributed by atoms with E-state index in [0.717, 1.165) is 18.0 Å². The van der Waals surface area contributed by atoms with Crippen LogP contribution in [0.15, 0.2) is 29.1 Å². The molecular weight excluding hydrogens is 328 g/mol. The van der Waals surface area contributed by atoms with Gasteiger partial charge in [0, 0.05) is 23.7 Å². The minimum Gasteiger partial charge on any atom is -0.472 e. The third-order valence-corrected chi connectivity index (χ3v) is 4.32. The largest absolute Gasteiger partial charge is 0.472 e. The SMILES string of the molecule is CC(C)N1c2cc(OCc3ccc(F)cc3F)nc(=O)n2CC1(C)C. The third kappa shape index (κ3) is 3.23. The van der Waals surface area contributed by atoms with Crippen molar-refractivity contribution in [3.05, 3.63) is 51.9 Å². The molecule has 0 fully saturated rings. The van der Waals surface area contributed by atoms with E-state index in [1.807, 2.05) is 0 Å². The van der Waals surface area contributed by atoms with Crippen molar-refractivity contribution in [2.24, 2.45) is 0 Å². The summed E-state index contributed by atoms with van der Waals surface area (Å²) in [5.41, 5.74) is -0.419. The van der Waals surface area contributed by atoms with Crippen molar-refractivity contribution in [1.82, 2.24) is 9.55 Å². The molecule has 2 heterocycles. The maximum absolute atomic E-state index is 13.7. The molecule has 5 nitrogen and oxygen atoms in total. The molecule has 0 unspecified atom stereocenters. The number of fused-ring (bicyclic) bond motifs is 1. The monoisotopic (exact) mass is 349 g/mol. The highest BCUT2D eigenvalue weighted by Gasteiger charge is 2.38. The molecule has 134 valence electrons. The molecule has 0 aliphatic carbocycles. The molecule has 1 aromatic heterocycles. The molecular formula is C18H21F2N3O2. The van der Waals surface area contributed by atoms with Crippen LogP contribution >= 0.6 is 0 Å². The van der Waals surface area contributed by atoms with Crippen molar-refractivity contribution in [2.75, 3.05) is 4.90 Å². The molecule has 1 aliphatic heterocycles. The fraction of sp³-hybridized carbons (Fsp3) is 0.444. The lowest BCUT2D eigenvalue weighted by Crippen LogP contribution is -2.45. The normalized spacial score (nSPS) is 15.6. The van der Waals surface area contributed by atoms with Gasteiger partial charge in [0.1, 0.15) is 24.1 Å². The first kappa shape index (κ1) is 17.4. The molecule has 0 saturated carbocycles. The van der Waals surface area contributed by atoms with Crippen LogP contribution in [0.3, 0.4) is 0 Å². The van der Waals surface area contributed by atoms with Crippen LogP contribution in [-0.4, -0.2) is 21.1 Å². The van der Waals surface area contributed by atoms with Crippen LogP contribution in [0.1, 0.15) is 33.3 Å². The average molecular weight is 349 g/mol. The van der Waals surface area contributed by atoms with E-state index in [1.54, 1.807) is 10.6 Å². The Bertz CT molecular complexity index is 862. The van der Waals surface area contributed by atoms with Crippen LogP contribution in [0.4, 0.5) is 14.6 Å². The lowest BCUT2D eigenvalue weighted by atomic mass is 10.0. The van der Waals surface area contributed by atoms with Gasteiger partial charge < -0.3 is 9.64 Å². The van der Waals surface area contributed by atoms with Crippen molar-refractivity contribution >= 4 is 5.82 Å². The summed E-state index contributed by atoms with van der Waals surface area (Å²) in [6.07, 6.45) is 0. The second kappa shape index (κ2) is 6.13. The van der Waals surface area contributed by atoms with Crippen molar-refractivity contribution in [2.45, 2.75) is 52.4 Å². The molecule has 0 spiro atoms. The number of ether oxygens (including phenoxy) is 1. The summed E-state index contributed by atoms with van der Waals surface area (Å²) in [6.45, 7) is 8.64. The van der Waals surface area contributed by atoms with Crippen LogP contribution in [-0.2, 0) is 13.2 Å². The molecule has 1 aliphatic rings. The maximum Gasteiger partial charge on any atom is 0.352 e. The van der Waals surface area contributed by atoms with Gasteiger partial charge in [0.25, 0.3) is 0 Å². The number of aromatic nitrogens is 2. The zero-order valence-electron chi connectivity index (χ0n) is 14.7. The van der Waals surface area contributed by atoms with E-state index >= 15 is 0 Å². The van der Waals surface area contributed by atoms with Gasteiger partial charge in [-0.1, -0.05) is 0 Å². The van der Waals surface area contributed by atoms with Gasteiger partial charge in [0.2, 0.25) is 5.88 Å². The van der Waals surface area contributed by atoms with E-state index in [-0.39, 0.29) is 29.6 Å². The van der Waals surface area contributed by atoms with Gasteiger partial charge in [-0.15, -0.1) is 0 Å². The Morgan fingerprint density at radius 2 is 2.00 bits per heavy atom. The Balaban J connectivity index is 1.89. The van der Waals surface area contributed by atoms with Gasteiger partial charge in [-0.05, 0) is 39.8 Å². The zero-order valence-corrected chi connectivity index (χ0v) is 14.7. The molecule has 0 amide bonds. The van der Waals surface area contributed by atoms with E-state index in [9.17, 15) is 13.6 Å². The van der Waals surface area contributed by atoms with Gasteiger partial charge in [-0.25, -0.2) is 13.6 Å². The number of rotatable bonds is 4. The van der Waals surface area contributed by atoms with Gasteiger partial charge >= 0.3 is 5.69 Å². The Morgan fingerprint density at radius 3 is 2.64 bits per heavy atom. The predicted octanol–water partition coefficient (Wildman–Crippen LogP) is 3.11. The summed E-state index contributed by atoms with van der Waals surface area (Å²) < 4.78 is 33.8. The zero-order chi connectivity index (χ0) is 18.4. The van der Waals surface area contributed by atoms with Crippen molar-refractivity contribution < 1.29 is 13.5 Å². The minimum atomic E-state index is -0.692. The summed E-state index contributed by atoms with van der Waals surface area (Å²) in [5, 5.41) is 0. The highest BCUT2D eigenvalue weighted by Crippen LogP contribution is 2.35. The van der Waals surface area contributed by atoms with Gasteiger partial charge in [0.05, 0.1) is 12.1 Å². The fourth-order valence-electron chi connectivity index (χ4n) is 3.42. The highest BCUT2D eigenvalue weighted by molar-refractivity contribution is 5.49. The Kier molecular flexibility index (Phi) is 4.26. The van der Waals surface area contributed by atoms with Crippen molar-refractivity contribution in [1.29, 1.82) is 0 Å². The molecule has 25 heavy (non-hydrogen) atoms. The average Bonchev–Trinajstić information content (AvgIpc) is 2.77. The number of benzene rings is 1. The molecule has 0 radical (unpaired) electrons. The number of halogens is 2. The maximum atomic E-state index is 13.7. The quantitative estimate of drug-likeness (QED) is 0.851. The standard InChI is InChI=1S/C18H21F2N3O2/c1-11(2)23-16-8-15(21-17(24)22(16)10-18(23,3)4)25-9-12-5-6-13(19)7-14(12)20/h5-8,11H,9-10H2,1-4H3. The summed E-state index contributed by atoms with van der Waals surface area (Å²) >= 11 is 0. The minimum absolute atomic E-state index is 0.128. The summed E-state index contributed by atoms with van der Waals surface area (Å²) in [5.74, 6) is -0.481. The topological polar surface area (TPSA) is 47.4 Å². The lowest BCUT2D eigenvalue weighted by Gasteiger charge is -2.36. The second-order valence-electron chi connectivity index (χ2n) is 7.12. The molecule has 0 atom stereocenters. The van der Waals surface area contributed by atoms with E-state index < -0.39 is 17.3 Å². The third-order valence-electron chi connectivity index (χ3n) is 4.32. The Hall–Kier alpha value is -2.44. The molecule has 0 N–H and O–H groups in total. The van der Waals surface area contributed by atoms with Gasteiger partial charge in [-0.2, -0.15) is 4.98 Å². The summed E-state index contributed by atoms with van der Waals surface area (Å²) in [6, 6.07) is 5.15. The Labute approximate surface area is 144 Å². The number of nitrogens with zero attached hydrogens (tertiary/aromatic N) is 3. The molecule has 1 aromatic carbocycles. The van der Waals surface area contributed by atoms with Crippen LogP contribution in [0, 0.1) is 11.6 Å². The smallest absolute Gasteiger partial charge is 0.352 e. The number of hydrogen-bond acceptors (Lipinski definition) is 4. The Morgan fingerprint density at radius 1 is 1.28 bits per heavy atom. The molecule has 0 saturated heterocycles. The number of anilines is 1. The van der Waals surface area contributed by atoms with Crippen molar-refractivity contribution in [3.8, 4) is 5.88 Å². The van der Waals surface area contributed by atoms with E-state index in [4.69, 9.17) is 4.74 Å². The molecule has 3 rings (SSSR count). The van der Waals surface area contributed by atoms with Gasteiger partial charge in [-0.3, -0.25) is 4.57 Å². The molecule has 7 heteroatoms. The molecule has 0 bridgehead atoms. The van der Waals surface area contributed by atoms with Crippen molar-refractivity contribution in [3.63, 3.8) is 0 Å². The van der Waals surface area contributed by atoms with E-state index in [2.05, 4.69) is 37.6 Å². The van der Waals surface area contributed by atoms with Crippen LogP contribution < -0.4 is 15.3 Å². The van der Waals surface area contributed by atoms with E-state index in [1.165, 1.54) is 6.07 Å². The predicted molar refractivity (Wildman–Crippen MR) is 90.9 cm³/mol. The van der Waals surface area contributed by atoms with Gasteiger partial charge in [0.15, 0.2) is 0 Å². The second-order valence-corrected chi connectivity index (χ2v) is 7.12. The summed E-state index contributed by atoms with van der Waals surface area (Å²) in [4.78, 5) is 18.4. The summed E-state index contributed by atoms with van der Waals surface area (Å²) in [7, 11) is 0. The lowest BCUT2D eigenvalue weighted by molar-refractivity contribution is 0.285. The number of hydrogen-bond donors (Lipinski definition) is 0. The first-order valence-corrected chi connectivity index (χ1v) is 8.17. The van der Waals surface area contributed by atoms with Crippen LogP contribution in [0.25, 0.3) is 0 Å². The fourth-order valence-corrected chi connectivity index (χ4v) is 3.42.